The summed E-state index contributed by atoms with van der Waals surface area (Å²) in [7, 11) is -1.61. The maximum atomic E-state index is 12.5. The van der Waals surface area contributed by atoms with Crippen LogP contribution in [0.1, 0.15) is 11.3 Å². The average molecular weight is 358 g/mol. The highest BCUT2D eigenvalue weighted by Gasteiger charge is 2.20. The summed E-state index contributed by atoms with van der Waals surface area (Å²) in [5, 5.41) is 1.10. The Balaban J connectivity index is 1.55. The van der Waals surface area contributed by atoms with Crippen molar-refractivity contribution in [3.63, 3.8) is 0 Å². The standard InChI is InChI=1S/C18H18N2O4S/c1-12-7-14-8-13(3-5-16(14)20(12)2)10-19-25(21,22)15-4-6-17-18(9-15)24-11-23-17/h3-9,19H,10-11H2,1-2H3. The van der Waals surface area contributed by atoms with Gasteiger partial charge in [0.15, 0.2) is 11.5 Å². The van der Waals surface area contributed by atoms with E-state index in [4.69, 9.17) is 9.47 Å². The molecule has 1 N–H and O–H groups in total. The maximum absolute atomic E-state index is 12.5. The molecule has 2 heterocycles. The molecule has 0 spiro atoms. The van der Waals surface area contributed by atoms with Crippen LogP contribution < -0.4 is 14.2 Å². The quantitative estimate of drug-likeness (QED) is 0.778. The van der Waals surface area contributed by atoms with Crippen LogP contribution in [0.5, 0.6) is 11.5 Å². The number of ether oxygens (including phenoxy) is 2. The van der Waals surface area contributed by atoms with Crippen molar-refractivity contribution in [1.82, 2.24) is 9.29 Å². The molecular formula is C18H18N2O4S. The van der Waals surface area contributed by atoms with Crippen molar-refractivity contribution in [1.29, 1.82) is 0 Å². The van der Waals surface area contributed by atoms with Gasteiger partial charge in [-0.25, -0.2) is 13.1 Å². The van der Waals surface area contributed by atoms with E-state index in [9.17, 15) is 8.42 Å². The zero-order valence-corrected chi connectivity index (χ0v) is 14.8. The lowest BCUT2D eigenvalue weighted by molar-refractivity contribution is 0.174. The molecule has 0 radical (unpaired) electrons. The van der Waals surface area contributed by atoms with E-state index in [-0.39, 0.29) is 18.2 Å². The topological polar surface area (TPSA) is 69.6 Å². The molecule has 130 valence electrons. The predicted molar refractivity (Wildman–Crippen MR) is 94.2 cm³/mol. The molecule has 3 aromatic rings. The van der Waals surface area contributed by atoms with Gasteiger partial charge in [0.2, 0.25) is 16.8 Å². The van der Waals surface area contributed by atoms with Gasteiger partial charge in [-0.05, 0) is 42.8 Å². The molecule has 1 aliphatic rings. The normalized spacial score (nSPS) is 13.5. The van der Waals surface area contributed by atoms with E-state index in [0.717, 1.165) is 22.2 Å². The Morgan fingerprint density at radius 3 is 2.72 bits per heavy atom. The number of aromatic nitrogens is 1. The maximum Gasteiger partial charge on any atom is 0.241 e. The predicted octanol–water partition coefficient (Wildman–Crippen LogP) is 2.69. The van der Waals surface area contributed by atoms with E-state index in [1.54, 1.807) is 6.07 Å². The molecule has 25 heavy (non-hydrogen) atoms. The van der Waals surface area contributed by atoms with Crippen LogP contribution in [0.2, 0.25) is 0 Å². The number of nitrogens with one attached hydrogen (secondary N) is 1. The minimum Gasteiger partial charge on any atom is -0.454 e. The van der Waals surface area contributed by atoms with Gasteiger partial charge in [-0.15, -0.1) is 0 Å². The van der Waals surface area contributed by atoms with Gasteiger partial charge in [-0.3, -0.25) is 0 Å². The first-order valence-electron chi connectivity index (χ1n) is 7.88. The molecule has 0 unspecified atom stereocenters. The van der Waals surface area contributed by atoms with Crippen LogP contribution in [0, 0.1) is 6.92 Å². The van der Waals surface area contributed by atoms with E-state index >= 15 is 0 Å². The van der Waals surface area contributed by atoms with Crippen LogP contribution >= 0.6 is 0 Å². The third-order valence-electron chi connectivity index (χ3n) is 4.47. The Hall–Kier alpha value is -2.51. The molecule has 0 fully saturated rings. The summed E-state index contributed by atoms with van der Waals surface area (Å²) in [6.07, 6.45) is 0. The number of rotatable bonds is 4. The first-order valence-corrected chi connectivity index (χ1v) is 9.37. The monoisotopic (exact) mass is 358 g/mol. The number of hydrogen-bond acceptors (Lipinski definition) is 4. The zero-order chi connectivity index (χ0) is 17.6. The minimum absolute atomic E-state index is 0.114. The SMILES string of the molecule is Cc1cc2cc(CNS(=O)(=O)c3ccc4c(c3)OCO4)ccc2n1C. The number of nitrogens with zero attached hydrogens (tertiary/aromatic N) is 1. The van der Waals surface area contributed by atoms with Crippen LogP contribution in [0.15, 0.2) is 47.4 Å². The molecule has 0 saturated carbocycles. The summed E-state index contributed by atoms with van der Waals surface area (Å²) in [4.78, 5) is 0.161. The van der Waals surface area contributed by atoms with Crippen molar-refractivity contribution in [3.05, 3.63) is 53.7 Å². The Morgan fingerprint density at radius 2 is 1.88 bits per heavy atom. The molecule has 0 saturated heterocycles. The van der Waals surface area contributed by atoms with Crippen LogP contribution in [0.4, 0.5) is 0 Å². The van der Waals surface area contributed by atoms with Crippen molar-refractivity contribution in [3.8, 4) is 11.5 Å². The van der Waals surface area contributed by atoms with Gasteiger partial charge < -0.3 is 14.0 Å². The van der Waals surface area contributed by atoms with Gasteiger partial charge in [0.1, 0.15) is 0 Å². The smallest absolute Gasteiger partial charge is 0.241 e. The highest BCUT2D eigenvalue weighted by atomic mass is 32.2. The summed E-state index contributed by atoms with van der Waals surface area (Å²) in [6.45, 7) is 2.38. The van der Waals surface area contributed by atoms with Crippen LogP contribution in [-0.2, 0) is 23.6 Å². The first kappa shape index (κ1) is 16.0. The Morgan fingerprint density at radius 1 is 1.08 bits per heavy atom. The van der Waals surface area contributed by atoms with Gasteiger partial charge in [-0.1, -0.05) is 6.07 Å². The van der Waals surface area contributed by atoms with E-state index in [0.29, 0.717) is 11.5 Å². The highest BCUT2D eigenvalue weighted by Crippen LogP contribution is 2.33. The van der Waals surface area contributed by atoms with Gasteiger partial charge in [0, 0.05) is 36.3 Å². The van der Waals surface area contributed by atoms with Crippen LogP contribution in [0.25, 0.3) is 10.9 Å². The fourth-order valence-electron chi connectivity index (χ4n) is 2.95. The summed E-state index contributed by atoms with van der Waals surface area (Å²) in [5.41, 5.74) is 3.19. The zero-order valence-electron chi connectivity index (χ0n) is 13.9. The average Bonchev–Trinajstić information content (AvgIpc) is 3.17. The molecule has 2 aromatic carbocycles. The van der Waals surface area contributed by atoms with Crippen LogP contribution in [-0.4, -0.2) is 19.8 Å². The second kappa shape index (κ2) is 5.79. The Kier molecular flexibility index (Phi) is 3.70. The number of aryl methyl sites for hydroxylation is 2. The summed E-state index contributed by atoms with van der Waals surface area (Å²) < 4.78 is 40.2. The third kappa shape index (κ3) is 2.85. The molecule has 1 aliphatic heterocycles. The van der Waals surface area contributed by atoms with Crippen LogP contribution in [0.3, 0.4) is 0 Å². The summed E-state index contributed by atoms with van der Waals surface area (Å²) >= 11 is 0. The number of hydrogen-bond donors (Lipinski definition) is 1. The van der Waals surface area contributed by atoms with Gasteiger partial charge >= 0.3 is 0 Å². The fraction of sp³-hybridized carbons (Fsp3) is 0.222. The van der Waals surface area contributed by atoms with E-state index in [1.165, 1.54) is 12.1 Å². The number of sulfonamides is 1. The lowest BCUT2D eigenvalue weighted by Gasteiger charge is -2.08. The molecule has 0 aliphatic carbocycles. The first-order chi connectivity index (χ1) is 11.9. The van der Waals surface area contributed by atoms with Gasteiger partial charge in [0.25, 0.3) is 0 Å². The second-order valence-corrected chi connectivity index (χ2v) is 7.84. The summed E-state index contributed by atoms with van der Waals surface area (Å²) in [6, 6.07) is 12.6. The number of fused-ring (bicyclic) bond motifs is 2. The van der Waals surface area contributed by atoms with E-state index in [1.807, 2.05) is 32.2 Å². The highest BCUT2D eigenvalue weighted by molar-refractivity contribution is 7.89. The number of benzene rings is 2. The molecule has 4 rings (SSSR count). The molecule has 0 atom stereocenters. The Labute approximate surface area is 146 Å². The lowest BCUT2D eigenvalue weighted by Crippen LogP contribution is -2.23. The molecule has 7 heteroatoms. The van der Waals surface area contributed by atoms with Crippen molar-refractivity contribution < 1.29 is 17.9 Å². The van der Waals surface area contributed by atoms with E-state index in [2.05, 4.69) is 15.4 Å². The largest absolute Gasteiger partial charge is 0.454 e. The van der Waals surface area contributed by atoms with Gasteiger partial charge in [-0.2, -0.15) is 0 Å². The Bertz CT molecular complexity index is 1070. The van der Waals surface area contributed by atoms with Crippen molar-refractivity contribution in [2.75, 3.05) is 6.79 Å². The minimum atomic E-state index is -3.63. The molecular weight excluding hydrogens is 340 g/mol. The van der Waals surface area contributed by atoms with Crippen molar-refractivity contribution >= 4 is 20.9 Å². The third-order valence-corrected chi connectivity index (χ3v) is 5.87. The molecule has 1 aromatic heterocycles. The molecule has 6 nitrogen and oxygen atoms in total. The summed E-state index contributed by atoms with van der Waals surface area (Å²) in [5.74, 6) is 1.01. The molecule has 0 amide bonds. The second-order valence-electron chi connectivity index (χ2n) is 6.08. The van der Waals surface area contributed by atoms with Crippen molar-refractivity contribution in [2.24, 2.45) is 7.05 Å². The van der Waals surface area contributed by atoms with Gasteiger partial charge in [0.05, 0.1) is 4.90 Å². The lowest BCUT2D eigenvalue weighted by atomic mass is 10.1. The molecule has 0 bridgehead atoms. The van der Waals surface area contributed by atoms with E-state index < -0.39 is 10.0 Å². The fourth-order valence-corrected chi connectivity index (χ4v) is 3.99. The van der Waals surface area contributed by atoms with Crippen molar-refractivity contribution in [2.45, 2.75) is 18.4 Å².